The maximum absolute atomic E-state index is 11.6. The number of carbonyl (C=O) groups is 2. The van der Waals surface area contributed by atoms with Gasteiger partial charge in [0.15, 0.2) is 5.69 Å². The van der Waals surface area contributed by atoms with Crippen molar-refractivity contribution in [2.45, 2.75) is 25.8 Å². The van der Waals surface area contributed by atoms with Crippen molar-refractivity contribution in [3.05, 3.63) is 16.1 Å². The molecular formula is C12H17N3O3S. The lowest BCUT2D eigenvalue weighted by Gasteiger charge is -2.07. The SMILES string of the molecule is O=C(CCC1CCNC1)NCc1nc(C(=O)O)cs1. The minimum absolute atomic E-state index is 0.000949. The number of amides is 1. The highest BCUT2D eigenvalue weighted by molar-refractivity contribution is 7.09. The van der Waals surface area contributed by atoms with Crippen LogP contribution in [0.3, 0.4) is 0 Å². The normalized spacial score (nSPS) is 18.4. The maximum Gasteiger partial charge on any atom is 0.355 e. The average molecular weight is 283 g/mol. The van der Waals surface area contributed by atoms with Gasteiger partial charge in [-0.05, 0) is 31.8 Å². The molecule has 0 spiro atoms. The Morgan fingerprint density at radius 1 is 1.58 bits per heavy atom. The van der Waals surface area contributed by atoms with Crippen LogP contribution in [0.25, 0.3) is 0 Å². The minimum Gasteiger partial charge on any atom is -0.476 e. The van der Waals surface area contributed by atoms with E-state index in [0.29, 0.717) is 23.9 Å². The predicted octanol–water partition coefficient (Wildman–Crippen LogP) is 0.847. The second-order valence-electron chi connectivity index (χ2n) is 4.61. The number of nitrogens with zero attached hydrogens (tertiary/aromatic N) is 1. The van der Waals surface area contributed by atoms with Crippen molar-refractivity contribution in [2.75, 3.05) is 13.1 Å². The van der Waals surface area contributed by atoms with E-state index < -0.39 is 5.97 Å². The lowest BCUT2D eigenvalue weighted by molar-refractivity contribution is -0.121. The Kier molecular flexibility index (Phi) is 4.86. The quantitative estimate of drug-likeness (QED) is 0.720. The van der Waals surface area contributed by atoms with E-state index in [1.807, 2.05) is 0 Å². The third-order valence-corrected chi connectivity index (χ3v) is 4.00. The van der Waals surface area contributed by atoms with Gasteiger partial charge in [0.2, 0.25) is 5.91 Å². The number of carboxylic acids is 1. The number of nitrogens with one attached hydrogen (secondary N) is 2. The fourth-order valence-corrected chi connectivity index (χ4v) is 2.76. The molecule has 1 aromatic rings. The molecule has 1 aliphatic heterocycles. The van der Waals surface area contributed by atoms with Crippen LogP contribution in [0.5, 0.6) is 0 Å². The van der Waals surface area contributed by atoms with E-state index in [-0.39, 0.29) is 11.6 Å². The van der Waals surface area contributed by atoms with E-state index in [9.17, 15) is 9.59 Å². The zero-order valence-electron chi connectivity index (χ0n) is 10.5. The molecule has 0 saturated carbocycles. The summed E-state index contributed by atoms with van der Waals surface area (Å²) < 4.78 is 0. The number of aromatic nitrogens is 1. The van der Waals surface area contributed by atoms with Gasteiger partial charge in [-0.25, -0.2) is 9.78 Å². The molecule has 1 aliphatic rings. The molecule has 7 heteroatoms. The Morgan fingerprint density at radius 2 is 2.42 bits per heavy atom. The van der Waals surface area contributed by atoms with Crippen LogP contribution in [-0.2, 0) is 11.3 Å². The van der Waals surface area contributed by atoms with E-state index in [1.165, 1.54) is 16.7 Å². The molecule has 6 nitrogen and oxygen atoms in total. The minimum atomic E-state index is -1.04. The van der Waals surface area contributed by atoms with Crippen molar-refractivity contribution in [1.29, 1.82) is 0 Å². The van der Waals surface area contributed by atoms with Crippen molar-refractivity contribution in [2.24, 2.45) is 5.92 Å². The van der Waals surface area contributed by atoms with Crippen molar-refractivity contribution >= 4 is 23.2 Å². The molecule has 2 rings (SSSR count). The van der Waals surface area contributed by atoms with Crippen molar-refractivity contribution in [3.63, 3.8) is 0 Å². The van der Waals surface area contributed by atoms with Gasteiger partial charge in [0.05, 0.1) is 6.54 Å². The Balaban J connectivity index is 1.68. The van der Waals surface area contributed by atoms with Crippen LogP contribution in [0, 0.1) is 5.92 Å². The van der Waals surface area contributed by atoms with Crippen molar-refractivity contribution in [3.8, 4) is 0 Å². The second kappa shape index (κ2) is 6.63. The molecule has 3 N–H and O–H groups in total. The average Bonchev–Trinajstić information content (AvgIpc) is 3.05. The van der Waals surface area contributed by atoms with Crippen molar-refractivity contribution in [1.82, 2.24) is 15.6 Å². The first kappa shape index (κ1) is 14.0. The number of hydrogen-bond donors (Lipinski definition) is 3. The zero-order chi connectivity index (χ0) is 13.7. The summed E-state index contributed by atoms with van der Waals surface area (Å²) >= 11 is 1.25. The number of rotatable bonds is 6. The van der Waals surface area contributed by atoms with Crippen LogP contribution in [0.2, 0.25) is 0 Å². The Labute approximate surface area is 115 Å². The number of aromatic carboxylic acids is 1. The number of hydrogen-bond acceptors (Lipinski definition) is 5. The first-order chi connectivity index (χ1) is 9.15. The fourth-order valence-electron chi connectivity index (χ4n) is 2.05. The first-order valence-corrected chi connectivity index (χ1v) is 7.18. The van der Waals surface area contributed by atoms with Crippen LogP contribution < -0.4 is 10.6 Å². The molecule has 1 saturated heterocycles. The molecule has 2 heterocycles. The van der Waals surface area contributed by atoms with E-state index in [0.717, 1.165) is 25.9 Å². The highest BCUT2D eigenvalue weighted by Gasteiger charge is 2.16. The topological polar surface area (TPSA) is 91.3 Å². The van der Waals surface area contributed by atoms with Gasteiger partial charge < -0.3 is 15.7 Å². The van der Waals surface area contributed by atoms with E-state index in [4.69, 9.17) is 5.11 Å². The molecule has 104 valence electrons. The molecular weight excluding hydrogens is 266 g/mol. The largest absolute Gasteiger partial charge is 0.476 e. The van der Waals surface area contributed by atoms with Crippen LogP contribution in [-0.4, -0.2) is 35.1 Å². The smallest absolute Gasteiger partial charge is 0.355 e. The van der Waals surface area contributed by atoms with E-state index in [2.05, 4.69) is 15.6 Å². The lowest BCUT2D eigenvalue weighted by atomic mass is 10.0. The molecule has 0 aliphatic carbocycles. The molecule has 1 aromatic heterocycles. The van der Waals surface area contributed by atoms with Gasteiger partial charge in [0, 0.05) is 11.8 Å². The van der Waals surface area contributed by atoms with Crippen LogP contribution in [0.15, 0.2) is 5.38 Å². The van der Waals surface area contributed by atoms with E-state index >= 15 is 0 Å². The Morgan fingerprint density at radius 3 is 3.05 bits per heavy atom. The number of thiazole rings is 1. The van der Waals surface area contributed by atoms with Gasteiger partial charge in [-0.15, -0.1) is 11.3 Å². The monoisotopic (exact) mass is 283 g/mol. The van der Waals surface area contributed by atoms with Gasteiger partial charge >= 0.3 is 5.97 Å². The van der Waals surface area contributed by atoms with Gasteiger partial charge in [0.25, 0.3) is 0 Å². The second-order valence-corrected chi connectivity index (χ2v) is 5.55. The third-order valence-electron chi connectivity index (χ3n) is 3.15. The summed E-state index contributed by atoms with van der Waals surface area (Å²) in [5, 5.41) is 16.9. The zero-order valence-corrected chi connectivity index (χ0v) is 11.3. The summed E-state index contributed by atoms with van der Waals surface area (Å²) in [6.07, 6.45) is 2.56. The van der Waals surface area contributed by atoms with Crippen LogP contribution in [0.4, 0.5) is 0 Å². The molecule has 1 unspecified atom stereocenters. The number of carboxylic acid groups (broad SMARTS) is 1. The molecule has 1 atom stereocenters. The first-order valence-electron chi connectivity index (χ1n) is 6.30. The van der Waals surface area contributed by atoms with Gasteiger partial charge in [0.1, 0.15) is 5.01 Å². The Bertz CT molecular complexity index is 455. The molecule has 0 bridgehead atoms. The van der Waals surface area contributed by atoms with Crippen molar-refractivity contribution < 1.29 is 14.7 Å². The lowest BCUT2D eigenvalue weighted by Crippen LogP contribution is -2.23. The molecule has 0 radical (unpaired) electrons. The molecule has 0 aromatic carbocycles. The Hall–Kier alpha value is -1.47. The highest BCUT2D eigenvalue weighted by Crippen LogP contribution is 2.14. The summed E-state index contributed by atoms with van der Waals surface area (Å²) in [5.41, 5.74) is 0.0336. The highest BCUT2D eigenvalue weighted by atomic mass is 32.1. The summed E-state index contributed by atoms with van der Waals surface area (Å²) in [6.45, 7) is 2.35. The standard InChI is InChI=1S/C12H17N3O3S/c16-10(2-1-8-3-4-13-5-8)14-6-11-15-9(7-19-11)12(17)18/h7-8,13H,1-6H2,(H,14,16)(H,17,18). The summed E-state index contributed by atoms with van der Waals surface area (Å²) in [5.74, 6) is -0.439. The summed E-state index contributed by atoms with van der Waals surface area (Å²) in [4.78, 5) is 26.2. The van der Waals surface area contributed by atoms with Gasteiger partial charge in [-0.3, -0.25) is 4.79 Å². The van der Waals surface area contributed by atoms with Crippen LogP contribution in [0.1, 0.15) is 34.8 Å². The van der Waals surface area contributed by atoms with Crippen LogP contribution >= 0.6 is 11.3 Å². The third kappa shape index (κ3) is 4.29. The predicted molar refractivity (Wildman–Crippen MR) is 71.1 cm³/mol. The van der Waals surface area contributed by atoms with Gasteiger partial charge in [-0.1, -0.05) is 0 Å². The molecule has 1 fully saturated rings. The van der Waals surface area contributed by atoms with E-state index in [1.54, 1.807) is 0 Å². The fraction of sp³-hybridized carbons (Fsp3) is 0.583. The molecule has 1 amide bonds. The summed E-state index contributed by atoms with van der Waals surface area (Å²) in [6, 6.07) is 0. The van der Waals surface area contributed by atoms with Gasteiger partial charge in [-0.2, -0.15) is 0 Å². The number of carbonyl (C=O) groups excluding carboxylic acids is 1. The molecule has 19 heavy (non-hydrogen) atoms. The summed E-state index contributed by atoms with van der Waals surface area (Å²) in [7, 11) is 0. The maximum atomic E-state index is 11.6.